The lowest BCUT2D eigenvalue weighted by Gasteiger charge is -2.59. The van der Waals surface area contributed by atoms with Crippen molar-refractivity contribution in [3.8, 4) is 0 Å². The predicted octanol–water partition coefficient (Wildman–Crippen LogP) is 4.85. The van der Waals surface area contributed by atoms with Crippen LogP contribution in [0.2, 0.25) is 0 Å². The van der Waals surface area contributed by atoms with Crippen LogP contribution < -0.4 is 0 Å². The molecule has 0 unspecified atom stereocenters. The number of rotatable bonds is 3. The summed E-state index contributed by atoms with van der Waals surface area (Å²) in [6.07, 6.45) is 10.9. The molecule has 4 rings (SSSR count). The molecule has 0 aliphatic heterocycles. The summed E-state index contributed by atoms with van der Waals surface area (Å²) in [4.78, 5) is 11.5. The summed E-state index contributed by atoms with van der Waals surface area (Å²) >= 11 is 0. The highest BCUT2D eigenvalue weighted by Crippen LogP contribution is 2.67. The molecule has 1 N–H and O–H groups in total. The zero-order chi connectivity index (χ0) is 20.3. The number of esters is 1. The number of hydrogen-bond acceptors (Lipinski definition) is 4. The molecule has 4 aliphatic rings. The summed E-state index contributed by atoms with van der Waals surface area (Å²) in [6.45, 7) is 8.54. The van der Waals surface area contributed by atoms with Crippen LogP contribution in [0.1, 0.15) is 79.1 Å². The van der Waals surface area contributed by atoms with E-state index < -0.39 is 5.79 Å². The van der Waals surface area contributed by atoms with Crippen LogP contribution in [0.15, 0.2) is 11.6 Å². The van der Waals surface area contributed by atoms with Crippen molar-refractivity contribution in [2.24, 2.45) is 34.5 Å². The van der Waals surface area contributed by atoms with Gasteiger partial charge in [-0.15, -0.1) is 0 Å². The van der Waals surface area contributed by atoms with E-state index in [1.165, 1.54) is 38.2 Å². The Balaban J connectivity index is 1.58. The molecule has 4 nitrogen and oxygen atoms in total. The van der Waals surface area contributed by atoms with E-state index in [1.807, 2.05) is 0 Å². The Kier molecular flexibility index (Phi) is 4.98. The van der Waals surface area contributed by atoms with Crippen LogP contribution in [0.3, 0.4) is 0 Å². The number of allylic oxidation sites excluding steroid dienone is 1. The van der Waals surface area contributed by atoms with Crippen LogP contribution in [0.5, 0.6) is 0 Å². The molecule has 0 radical (unpaired) electrons. The number of methoxy groups -OCH3 is 1. The van der Waals surface area contributed by atoms with E-state index in [4.69, 9.17) is 9.47 Å². The largest absolute Gasteiger partial charge is 0.463 e. The van der Waals surface area contributed by atoms with Gasteiger partial charge in [0.15, 0.2) is 5.79 Å². The molecule has 3 fully saturated rings. The van der Waals surface area contributed by atoms with Crippen LogP contribution in [-0.2, 0) is 14.3 Å². The van der Waals surface area contributed by atoms with Gasteiger partial charge >= 0.3 is 5.97 Å². The Morgan fingerprint density at radius 2 is 1.93 bits per heavy atom. The monoisotopic (exact) mass is 390 g/mol. The van der Waals surface area contributed by atoms with Crippen LogP contribution >= 0.6 is 0 Å². The Labute approximate surface area is 170 Å². The molecule has 0 spiro atoms. The smallest absolute Gasteiger partial charge is 0.302 e. The number of carbonyl (C=O) groups excluding carboxylic acids is 1. The molecule has 0 amide bonds. The third-order valence-electron chi connectivity index (χ3n) is 9.50. The molecule has 0 saturated heterocycles. The van der Waals surface area contributed by atoms with Gasteiger partial charge in [0, 0.05) is 32.8 Å². The topological polar surface area (TPSA) is 55.8 Å². The highest BCUT2D eigenvalue weighted by Gasteiger charge is 2.60. The summed E-state index contributed by atoms with van der Waals surface area (Å²) in [6, 6.07) is 0. The second kappa shape index (κ2) is 6.84. The van der Waals surface area contributed by atoms with Gasteiger partial charge in [-0.1, -0.05) is 25.5 Å². The Morgan fingerprint density at radius 1 is 1.18 bits per heavy atom. The highest BCUT2D eigenvalue weighted by atomic mass is 16.6. The molecule has 4 aliphatic carbocycles. The fourth-order valence-corrected chi connectivity index (χ4v) is 7.95. The normalized spacial score (nSPS) is 48.7. The highest BCUT2D eigenvalue weighted by molar-refractivity contribution is 5.66. The standard InChI is InChI=1S/C24H38O4/c1-15(28-16(2)25)19-8-9-20-18-7-6-17-14-24(26,27-5)13-12-22(17,3)21(18)10-11-23(19,20)4/h6,15,18-21,26H,7-14H2,1-5H3/t15-,18-,19+,20-,21-,22-,23+,24-/m0/s1. The molecular formula is C24H38O4. The minimum absolute atomic E-state index is 0.0146. The van der Waals surface area contributed by atoms with Crippen molar-refractivity contribution in [2.75, 3.05) is 7.11 Å². The van der Waals surface area contributed by atoms with E-state index in [1.54, 1.807) is 7.11 Å². The lowest BCUT2D eigenvalue weighted by atomic mass is 9.47. The molecule has 8 atom stereocenters. The molecule has 4 heteroatoms. The average Bonchev–Trinajstić information content (AvgIpc) is 2.99. The predicted molar refractivity (Wildman–Crippen MR) is 108 cm³/mol. The van der Waals surface area contributed by atoms with Crippen LogP contribution in [0, 0.1) is 34.5 Å². The van der Waals surface area contributed by atoms with Gasteiger partial charge in [0.25, 0.3) is 0 Å². The van der Waals surface area contributed by atoms with Crippen molar-refractivity contribution < 1.29 is 19.4 Å². The molecular weight excluding hydrogens is 352 g/mol. The zero-order valence-corrected chi connectivity index (χ0v) is 18.3. The summed E-state index contributed by atoms with van der Waals surface area (Å²) in [5, 5.41) is 10.7. The van der Waals surface area contributed by atoms with Gasteiger partial charge in [0.1, 0.15) is 6.10 Å². The minimum Gasteiger partial charge on any atom is -0.463 e. The Hall–Kier alpha value is -0.870. The van der Waals surface area contributed by atoms with E-state index in [2.05, 4.69) is 26.8 Å². The van der Waals surface area contributed by atoms with Crippen molar-refractivity contribution in [1.82, 2.24) is 0 Å². The maximum Gasteiger partial charge on any atom is 0.302 e. The quantitative estimate of drug-likeness (QED) is 0.425. The Morgan fingerprint density at radius 3 is 2.61 bits per heavy atom. The molecule has 0 aromatic rings. The molecule has 158 valence electrons. The van der Waals surface area contributed by atoms with E-state index in [0.717, 1.165) is 25.2 Å². The average molecular weight is 391 g/mol. The van der Waals surface area contributed by atoms with Gasteiger partial charge in [0.2, 0.25) is 0 Å². The molecule has 28 heavy (non-hydrogen) atoms. The van der Waals surface area contributed by atoms with Crippen molar-refractivity contribution in [1.29, 1.82) is 0 Å². The number of aliphatic hydroxyl groups is 1. The number of ether oxygens (including phenoxy) is 2. The molecule has 0 aromatic heterocycles. The second-order valence-electron chi connectivity index (χ2n) is 10.6. The lowest BCUT2D eigenvalue weighted by Crippen LogP contribution is -2.53. The SMILES string of the molecule is CO[C@@]1(O)CC[C@@]2(C)C(=CC[C@H]3[C@@H]4CC[C@H]([C@H](C)OC(C)=O)[C@@]4(C)CC[C@@H]32)C1. The number of hydrogen-bond donors (Lipinski definition) is 1. The molecule has 3 saturated carbocycles. The van der Waals surface area contributed by atoms with Crippen LogP contribution in [0.4, 0.5) is 0 Å². The number of fused-ring (bicyclic) bond motifs is 5. The van der Waals surface area contributed by atoms with Crippen molar-refractivity contribution in [2.45, 2.75) is 91.0 Å². The van der Waals surface area contributed by atoms with Gasteiger partial charge in [-0.05, 0) is 74.0 Å². The van der Waals surface area contributed by atoms with E-state index in [-0.39, 0.29) is 22.9 Å². The fourth-order valence-electron chi connectivity index (χ4n) is 7.95. The minimum atomic E-state index is -0.973. The van der Waals surface area contributed by atoms with Crippen LogP contribution in [0.25, 0.3) is 0 Å². The summed E-state index contributed by atoms with van der Waals surface area (Å²) in [7, 11) is 1.63. The van der Waals surface area contributed by atoms with E-state index in [9.17, 15) is 9.90 Å². The Bertz CT molecular complexity index is 672. The summed E-state index contributed by atoms with van der Waals surface area (Å²) < 4.78 is 11.1. The third kappa shape index (κ3) is 2.98. The maximum absolute atomic E-state index is 11.5. The first kappa shape index (κ1) is 20.4. The molecule has 0 bridgehead atoms. The fraction of sp³-hybridized carbons (Fsp3) is 0.875. The zero-order valence-electron chi connectivity index (χ0n) is 18.3. The first-order valence-electron chi connectivity index (χ1n) is 11.3. The summed E-state index contributed by atoms with van der Waals surface area (Å²) in [5.41, 5.74) is 1.91. The van der Waals surface area contributed by atoms with Gasteiger partial charge < -0.3 is 14.6 Å². The van der Waals surface area contributed by atoms with Gasteiger partial charge in [-0.25, -0.2) is 0 Å². The first-order chi connectivity index (χ1) is 13.1. The maximum atomic E-state index is 11.5. The lowest BCUT2D eigenvalue weighted by molar-refractivity contribution is -0.209. The molecule has 0 heterocycles. The number of carbonyl (C=O) groups is 1. The third-order valence-corrected chi connectivity index (χ3v) is 9.50. The molecule has 0 aromatic carbocycles. The van der Waals surface area contributed by atoms with E-state index >= 15 is 0 Å². The van der Waals surface area contributed by atoms with Gasteiger partial charge in [-0.2, -0.15) is 0 Å². The van der Waals surface area contributed by atoms with Crippen molar-refractivity contribution in [3.05, 3.63) is 11.6 Å². The van der Waals surface area contributed by atoms with Crippen molar-refractivity contribution >= 4 is 5.97 Å². The second-order valence-corrected chi connectivity index (χ2v) is 10.6. The van der Waals surface area contributed by atoms with Crippen molar-refractivity contribution in [3.63, 3.8) is 0 Å². The van der Waals surface area contributed by atoms with E-state index in [0.29, 0.717) is 24.2 Å². The van der Waals surface area contributed by atoms with Gasteiger partial charge in [-0.3, -0.25) is 4.79 Å². The first-order valence-corrected chi connectivity index (χ1v) is 11.3. The summed E-state index contributed by atoms with van der Waals surface area (Å²) in [5.74, 6) is 1.49. The van der Waals surface area contributed by atoms with Gasteiger partial charge in [0.05, 0.1) is 0 Å². The van der Waals surface area contributed by atoms with Crippen LogP contribution in [-0.4, -0.2) is 30.1 Å².